The fraction of sp³-hybridized carbons (Fsp3) is 0.364. The SMILES string of the molecule is Nc1ccc(S(=O)(=O)N2CCCNC(=O)C2)cc1. The highest BCUT2D eigenvalue weighted by Crippen LogP contribution is 2.17. The molecular formula is C11H15N3O3S. The van der Waals surface area contributed by atoms with Crippen molar-refractivity contribution in [2.45, 2.75) is 11.3 Å². The summed E-state index contributed by atoms with van der Waals surface area (Å²) in [5, 5.41) is 2.64. The largest absolute Gasteiger partial charge is 0.399 e. The number of carbonyl (C=O) groups is 1. The lowest BCUT2D eigenvalue weighted by atomic mass is 10.3. The standard InChI is InChI=1S/C11H15N3O3S/c12-9-2-4-10(5-3-9)18(16,17)14-7-1-6-13-11(15)8-14/h2-5H,1,6-8,12H2,(H,13,15). The third kappa shape index (κ3) is 2.62. The number of anilines is 1. The molecular weight excluding hydrogens is 254 g/mol. The maximum Gasteiger partial charge on any atom is 0.243 e. The molecule has 1 aromatic carbocycles. The zero-order valence-corrected chi connectivity index (χ0v) is 10.6. The van der Waals surface area contributed by atoms with Gasteiger partial charge in [-0.25, -0.2) is 8.42 Å². The van der Waals surface area contributed by atoms with Crippen molar-refractivity contribution >= 4 is 21.6 Å². The third-order valence-corrected chi connectivity index (χ3v) is 4.60. The molecule has 0 unspecified atom stereocenters. The van der Waals surface area contributed by atoms with E-state index in [0.717, 1.165) is 0 Å². The van der Waals surface area contributed by atoms with E-state index in [2.05, 4.69) is 5.32 Å². The van der Waals surface area contributed by atoms with Crippen molar-refractivity contribution < 1.29 is 13.2 Å². The van der Waals surface area contributed by atoms with E-state index in [0.29, 0.717) is 25.2 Å². The Balaban J connectivity index is 2.29. The van der Waals surface area contributed by atoms with Crippen LogP contribution in [0, 0.1) is 0 Å². The van der Waals surface area contributed by atoms with Gasteiger partial charge in [0.25, 0.3) is 0 Å². The Hall–Kier alpha value is -1.60. The highest BCUT2D eigenvalue weighted by atomic mass is 32.2. The van der Waals surface area contributed by atoms with Crippen LogP contribution in [0.3, 0.4) is 0 Å². The number of rotatable bonds is 2. The quantitative estimate of drug-likeness (QED) is 0.726. The van der Waals surface area contributed by atoms with Crippen LogP contribution in [0.4, 0.5) is 5.69 Å². The molecule has 6 nitrogen and oxygen atoms in total. The number of carbonyl (C=O) groups excluding carboxylic acids is 1. The number of hydrogen-bond acceptors (Lipinski definition) is 4. The van der Waals surface area contributed by atoms with Crippen LogP contribution in [-0.4, -0.2) is 38.3 Å². The summed E-state index contributed by atoms with van der Waals surface area (Å²) in [4.78, 5) is 11.5. The monoisotopic (exact) mass is 269 g/mol. The van der Waals surface area contributed by atoms with Gasteiger partial charge < -0.3 is 11.1 Å². The Morgan fingerprint density at radius 3 is 2.56 bits per heavy atom. The summed E-state index contributed by atoms with van der Waals surface area (Å²) in [6.45, 7) is 0.713. The normalized spacial score (nSPS) is 18.1. The van der Waals surface area contributed by atoms with Gasteiger partial charge in [-0.05, 0) is 30.7 Å². The Kier molecular flexibility index (Phi) is 3.53. The molecule has 0 spiro atoms. The number of nitrogens with one attached hydrogen (secondary N) is 1. The summed E-state index contributed by atoms with van der Waals surface area (Å²) >= 11 is 0. The van der Waals surface area contributed by atoms with Gasteiger partial charge in [0, 0.05) is 18.8 Å². The molecule has 0 aromatic heterocycles. The maximum atomic E-state index is 12.3. The molecule has 0 bridgehead atoms. The minimum atomic E-state index is -3.62. The van der Waals surface area contributed by atoms with Crippen LogP contribution in [0.1, 0.15) is 6.42 Å². The molecule has 7 heteroatoms. The first-order chi connectivity index (χ1) is 8.50. The molecule has 1 saturated heterocycles. The highest BCUT2D eigenvalue weighted by Gasteiger charge is 2.27. The van der Waals surface area contributed by atoms with E-state index in [4.69, 9.17) is 5.73 Å². The van der Waals surface area contributed by atoms with Gasteiger partial charge in [0.05, 0.1) is 11.4 Å². The van der Waals surface area contributed by atoms with Crippen LogP contribution in [0.15, 0.2) is 29.2 Å². The van der Waals surface area contributed by atoms with Crippen LogP contribution < -0.4 is 11.1 Å². The molecule has 98 valence electrons. The lowest BCUT2D eigenvalue weighted by Gasteiger charge is -2.18. The Bertz CT molecular complexity index is 539. The van der Waals surface area contributed by atoms with Crippen LogP contribution in [0.5, 0.6) is 0 Å². The first-order valence-corrected chi connectivity index (χ1v) is 7.06. The van der Waals surface area contributed by atoms with Crippen LogP contribution in [-0.2, 0) is 14.8 Å². The molecule has 0 atom stereocenters. The molecule has 1 aliphatic rings. The summed E-state index contributed by atoms with van der Waals surface area (Å²) in [7, 11) is -3.62. The van der Waals surface area contributed by atoms with Gasteiger partial charge >= 0.3 is 0 Å². The molecule has 2 rings (SSSR count). The Morgan fingerprint density at radius 2 is 1.89 bits per heavy atom. The van der Waals surface area contributed by atoms with Crippen LogP contribution >= 0.6 is 0 Å². The smallest absolute Gasteiger partial charge is 0.243 e. The number of nitrogen functional groups attached to an aromatic ring is 1. The van der Waals surface area contributed by atoms with E-state index in [9.17, 15) is 13.2 Å². The molecule has 1 aromatic rings. The van der Waals surface area contributed by atoms with E-state index < -0.39 is 10.0 Å². The second-order valence-electron chi connectivity index (χ2n) is 4.11. The average Bonchev–Trinajstić information content (AvgIpc) is 2.55. The van der Waals surface area contributed by atoms with E-state index in [1.165, 1.54) is 28.6 Å². The number of nitrogens with zero attached hydrogens (tertiary/aromatic N) is 1. The first kappa shape index (κ1) is 12.8. The molecule has 1 aliphatic heterocycles. The van der Waals surface area contributed by atoms with Gasteiger partial charge in [0.1, 0.15) is 0 Å². The highest BCUT2D eigenvalue weighted by molar-refractivity contribution is 7.89. The molecule has 0 radical (unpaired) electrons. The van der Waals surface area contributed by atoms with E-state index in [1.807, 2.05) is 0 Å². The number of hydrogen-bond donors (Lipinski definition) is 2. The topological polar surface area (TPSA) is 92.5 Å². The van der Waals surface area contributed by atoms with Crippen molar-refractivity contribution in [3.05, 3.63) is 24.3 Å². The molecule has 3 N–H and O–H groups in total. The molecule has 0 saturated carbocycles. The summed E-state index contributed by atoms with van der Waals surface area (Å²) < 4.78 is 25.8. The second-order valence-corrected chi connectivity index (χ2v) is 6.05. The van der Waals surface area contributed by atoms with Crippen LogP contribution in [0.25, 0.3) is 0 Å². The van der Waals surface area contributed by atoms with Crippen LogP contribution in [0.2, 0.25) is 0 Å². The Labute approximate surface area is 106 Å². The minimum absolute atomic E-state index is 0.132. The number of amides is 1. The summed E-state index contributed by atoms with van der Waals surface area (Å²) in [6, 6.07) is 5.97. The van der Waals surface area contributed by atoms with Crippen molar-refractivity contribution in [2.24, 2.45) is 0 Å². The van der Waals surface area contributed by atoms with Gasteiger partial charge in [-0.15, -0.1) is 0 Å². The fourth-order valence-electron chi connectivity index (χ4n) is 1.77. The lowest BCUT2D eigenvalue weighted by molar-refractivity contribution is -0.120. The Morgan fingerprint density at radius 1 is 1.22 bits per heavy atom. The second kappa shape index (κ2) is 4.95. The number of nitrogens with two attached hydrogens (primary N) is 1. The zero-order valence-electron chi connectivity index (χ0n) is 9.80. The molecule has 1 heterocycles. The number of benzene rings is 1. The molecule has 1 amide bonds. The van der Waals surface area contributed by atoms with Gasteiger partial charge in [-0.2, -0.15) is 4.31 Å². The molecule has 1 fully saturated rings. The first-order valence-electron chi connectivity index (χ1n) is 5.62. The van der Waals surface area contributed by atoms with Gasteiger partial charge in [-0.3, -0.25) is 4.79 Å². The van der Waals surface area contributed by atoms with E-state index in [1.54, 1.807) is 0 Å². The number of sulfonamides is 1. The molecule has 18 heavy (non-hydrogen) atoms. The van der Waals surface area contributed by atoms with Crippen molar-refractivity contribution in [2.75, 3.05) is 25.4 Å². The predicted octanol–water partition coefficient (Wildman–Crippen LogP) is -0.221. The maximum absolute atomic E-state index is 12.3. The van der Waals surface area contributed by atoms with Crippen molar-refractivity contribution in [1.82, 2.24) is 9.62 Å². The predicted molar refractivity (Wildman–Crippen MR) is 67.2 cm³/mol. The van der Waals surface area contributed by atoms with Gasteiger partial charge in [-0.1, -0.05) is 0 Å². The third-order valence-electron chi connectivity index (χ3n) is 2.74. The fourth-order valence-corrected chi connectivity index (χ4v) is 3.21. The van der Waals surface area contributed by atoms with Gasteiger partial charge in [0.15, 0.2) is 0 Å². The lowest BCUT2D eigenvalue weighted by Crippen LogP contribution is -2.37. The molecule has 0 aliphatic carbocycles. The van der Waals surface area contributed by atoms with Gasteiger partial charge in [0.2, 0.25) is 15.9 Å². The van der Waals surface area contributed by atoms with Crippen molar-refractivity contribution in [3.8, 4) is 0 Å². The minimum Gasteiger partial charge on any atom is -0.399 e. The zero-order chi connectivity index (χ0) is 13.2. The van der Waals surface area contributed by atoms with Crippen molar-refractivity contribution in [1.29, 1.82) is 0 Å². The summed E-state index contributed by atoms with van der Waals surface area (Å²) in [5.41, 5.74) is 6.03. The van der Waals surface area contributed by atoms with E-state index in [-0.39, 0.29) is 17.3 Å². The van der Waals surface area contributed by atoms with Crippen molar-refractivity contribution in [3.63, 3.8) is 0 Å². The summed E-state index contributed by atoms with van der Waals surface area (Å²) in [6.07, 6.45) is 0.611. The van der Waals surface area contributed by atoms with E-state index >= 15 is 0 Å². The average molecular weight is 269 g/mol. The summed E-state index contributed by atoms with van der Waals surface area (Å²) in [5.74, 6) is -0.272.